The first-order valence-corrected chi connectivity index (χ1v) is 8.31. The Morgan fingerprint density at radius 1 is 1.19 bits per heavy atom. The molecule has 3 rings (SSSR count). The van der Waals surface area contributed by atoms with Crippen molar-refractivity contribution in [2.75, 3.05) is 32.6 Å². The van der Waals surface area contributed by atoms with E-state index in [1.807, 2.05) is 0 Å². The highest BCUT2D eigenvalue weighted by atomic mass is 16.5. The molecule has 142 valence electrons. The Balaban J connectivity index is 1.89. The van der Waals surface area contributed by atoms with E-state index in [0.717, 1.165) is 7.11 Å². The molecule has 1 saturated heterocycles. The minimum Gasteiger partial charge on any atom is -0.497 e. The van der Waals surface area contributed by atoms with Gasteiger partial charge in [-0.15, -0.1) is 0 Å². The number of hydrogen-bond acceptors (Lipinski definition) is 7. The number of carbonyl (C=O) groups is 4. The summed E-state index contributed by atoms with van der Waals surface area (Å²) in [5.41, 5.74) is 0.0985. The summed E-state index contributed by atoms with van der Waals surface area (Å²) in [5, 5.41) is 5.32. The van der Waals surface area contributed by atoms with Crippen molar-refractivity contribution in [2.45, 2.75) is 12.5 Å². The predicted molar refractivity (Wildman–Crippen MR) is 93.8 cm³/mol. The number of hydrogen-bond donors (Lipinski definition) is 2. The van der Waals surface area contributed by atoms with Gasteiger partial charge in [-0.1, -0.05) is 0 Å². The van der Waals surface area contributed by atoms with E-state index in [1.54, 1.807) is 24.3 Å². The van der Waals surface area contributed by atoms with Crippen LogP contribution in [0.25, 0.3) is 0 Å². The summed E-state index contributed by atoms with van der Waals surface area (Å²) in [7, 11) is 2.67. The van der Waals surface area contributed by atoms with Crippen molar-refractivity contribution in [3.63, 3.8) is 0 Å². The number of Topliss-reactive ketones (excluding diaryl/α,β-unsaturated/α-hetero) is 1. The smallest absolute Gasteiger partial charge is 0.343 e. The zero-order chi connectivity index (χ0) is 19.6. The summed E-state index contributed by atoms with van der Waals surface area (Å²) in [5.74, 6) is -1.85. The van der Waals surface area contributed by atoms with Gasteiger partial charge in [-0.2, -0.15) is 0 Å². The molecule has 27 heavy (non-hydrogen) atoms. The average Bonchev–Trinajstić information content (AvgIpc) is 2.68. The van der Waals surface area contributed by atoms with Crippen LogP contribution in [0.3, 0.4) is 0 Å². The molecule has 0 radical (unpaired) electrons. The Kier molecular flexibility index (Phi) is 5.11. The van der Waals surface area contributed by atoms with Gasteiger partial charge in [-0.25, -0.2) is 4.79 Å². The number of methoxy groups -OCH3 is 2. The van der Waals surface area contributed by atoms with Gasteiger partial charge in [0.25, 0.3) is 5.91 Å². The Hall–Kier alpha value is -3.36. The molecule has 9 heteroatoms. The first-order valence-electron chi connectivity index (χ1n) is 8.31. The van der Waals surface area contributed by atoms with Gasteiger partial charge in [0.2, 0.25) is 5.91 Å². The van der Waals surface area contributed by atoms with Crippen LogP contribution in [0.15, 0.2) is 35.5 Å². The molecule has 0 aromatic heterocycles. The highest BCUT2D eigenvalue weighted by Crippen LogP contribution is 2.28. The maximum Gasteiger partial charge on any atom is 0.343 e. The number of esters is 1. The van der Waals surface area contributed by atoms with Crippen LogP contribution in [0.2, 0.25) is 0 Å². The second-order valence-electron chi connectivity index (χ2n) is 6.03. The Bertz CT molecular complexity index is 830. The third-order valence-electron chi connectivity index (χ3n) is 4.46. The fourth-order valence-corrected chi connectivity index (χ4v) is 3.15. The minimum atomic E-state index is -0.894. The predicted octanol–water partition coefficient (Wildman–Crippen LogP) is -0.166. The molecule has 0 aliphatic carbocycles. The lowest BCUT2D eigenvalue weighted by Crippen LogP contribution is -2.57. The molecule has 2 N–H and O–H groups in total. The van der Waals surface area contributed by atoms with Crippen molar-refractivity contribution in [3.05, 3.63) is 35.5 Å². The molecule has 0 saturated carbocycles. The first kappa shape index (κ1) is 18.4. The largest absolute Gasteiger partial charge is 0.497 e. The number of fused-ring (bicyclic) bond motifs is 1. The Morgan fingerprint density at radius 3 is 2.52 bits per heavy atom. The number of ether oxygens (including phenoxy) is 2. The van der Waals surface area contributed by atoms with Gasteiger partial charge in [0.05, 0.1) is 14.2 Å². The number of amides is 2. The number of nitrogens with one attached hydrogen (secondary N) is 2. The fourth-order valence-electron chi connectivity index (χ4n) is 3.15. The summed E-state index contributed by atoms with van der Waals surface area (Å²) in [6, 6.07) is 5.82. The van der Waals surface area contributed by atoms with E-state index in [2.05, 4.69) is 15.4 Å². The van der Waals surface area contributed by atoms with Gasteiger partial charge in [0.15, 0.2) is 5.78 Å². The van der Waals surface area contributed by atoms with Crippen molar-refractivity contribution in [3.8, 4) is 5.75 Å². The van der Waals surface area contributed by atoms with Gasteiger partial charge in [-0.3, -0.25) is 14.4 Å². The van der Waals surface area contributed by atoms with Crippen molar-refractivity contribution in [1.82, 2.24) is 10.2 Å². The van der Waals surface area contributed by atoms with Gasteiger partial charge < -0.3 is 25.0 Å². The number of nitrogens with zero attached hydrogens (tertiary/aromatic N) is 1. The maximum absolute atomic E-state index is 12.8. The van der Waals surface area contributed by atoms with Crippen LogP contribution in [-0.4, -0.2) is 61.8 Å². The highest BCUT2D eigenvalue weighted by Gasteiger charge is 2.44. The second kappa shape index (κ2) is 7.48. The highest BCUT2D eigenvalue weighted by molar-refractivity contribution is 6.24. The molecule has 2 aliphatic rings. The first-order chi connectivity index (χ1) is 13.0. The van der Waals surface area contributed by atoms with E-state index in [9.17, 15) is 19.2 Å². The summed E-state index contributed by atoms with van der Waals surface area (Å²) in [6.07, 6.45) is -0.219. The molecular weight excluding hydrogens is 354 g/mol. The zero-order valence-electron chi connectivity index (χ0n) is 14.9. The van der Waals surface area contributed by atoms with Crippen LogP contribution in [0.5, 0.6) is 5.75 Å². The molecule has 2 heterocycles. The topological polar surface area (TPSA) is 114 Å². The molecule has 1 atom stereocenters. The summed E-state index contributed by atoms with van der Waals surface area (Å²) in [4.78, 5) is 51.0. The molecule has 2 amide bonds. The normalized spacial score (nSPS) is 19.2. The van der Waals surface area contributed by atoms with E-state index in [-0.39, 0.29) is 17.7 Å². The molecule has 1 fully saturated rings. The fraction of sp³-hybridized carbons (Fsp3) is 0.333. The van der Waals surface area contributed by atoms with Crippen molar-refractivity contribution < 1.29 is 28.7 Å². The molecule has 0 bridgehead atoms. The average molecular weight is 373 g/mol. The number of carbonyl (C=O) groups excluding carboxylic acids is 4. The maximum atomic E-state index is 12.8. The molecule has 9 nitrogen and oxygen atoms in total. The molecule has 0 unspecified atom stereocenters. The number of anilines is 1. The summed E-state index contributed by atoms with van der Waals surface area (Å²) in [6.45, 7) is 0.604. The SMILES string of the molecule is COC(=O)C1=C2C(=O)NCCN2[C@@H](C(=O)Nc2ccc(OC)cc2)CC1=O. The minimum absolute atomic E-state index is 0.112. The quantitative estimate of drug-likeness (QED) is 0.556. The van der Waals surface area contributed by atoms with Crippen molar-refractivity contribution in [2.24, 2.45) is 0 Å². The van der Waals surface area contributed by atoms with Gasteiger partial charge in [0.1, 0.15) is 23.1 Å². The third kappa shape index (κ3) is 3.48. The number of piperazine rings is 1. The molecule has 0 spiro atoms. The second-order valence-corrected chi connectivity index (χ2v) is 6.03. The van der Waals surface area contributed by atoms with E-state index in [4.69, 9.17) is 4.74 Å². The number of rotatable bonds is 4. The summed E-state index contributed by atoms with van der Waals surface area (Å²) >= 11 is 0. The zero-order valence-corrected chi connectivity index (χ0v) is 14.9. The molecule has 1 aromatic rings. The number of benzene rings is 1. The van der Waals surface area contributed by atoms with Crippen LogP contribution < -0.4 is 15.4 Å². The van der Waals surface area contributed by atoms with Crippen LogP contribution in [0.1, 0.15) is 6.42 Å². The van der Waals surface area contributed by atoms with E-state index in [0.29, 0.717) is 24.5 Å². The Labute approximate surface area is 155 Å². The van der Waals surface area contributed by atoms with E-state index >= 15 is 0 Å². The van der Waals surface area contributed by atoms with Crippen molar-refractivity contribution >= 4 is 29.3 Å². The van der Waals surface area contributed by atoms with Crippen molar-refractivity contribution in [1.29, 1.82) is 0 Å². The monoisotopic (exact) mass is 373 g/mol. The van der Waals surface area contributed by atoms with Crippen LogP contribution in [0.4, 0.5) is 5.69 Å². The lowest BCUT2D eigenvalue weighted by molar-refractivity contribution is -0.141. The standard InChI is InChI=1S/C18H19N3O6/c1-26-11-5-3-10(4-6-11)20-16(23)12-9-13(22)14(18(25)27-2)15-17(24)19-7-8-21(12)15/h3-6,12H,7-9H2,1-2H3,(H,19,24)(H,20,23)/t12-/m1/s1. The van der Waals surface area contributed by atoms with E-state index < -0.39 is 29.6 Å². The molecule has 2 aliphatic heterocycles. The third-order valence-corrected chi connectivity index (χ3v) is 4.46. The van der Waals surface area contributed by atoms with Gasteiger partial charge in [0, 0.05) is 25.2 Å². The van der Waals surface area contributed by atoms with Crippen LogP contribution >= 0.6 is 0 Å². The van der Waals surface area contributed by atoms with E-state index in [1.165, 1.54) is 12.0 Å². The van der Waals surface area contributed by atoms with Crippen LogP contribution in [-0.2, 0) is 23.9 Å². The van der Waals surface area contributed by atoms with Gasteiger partial charge in [-0.05, 0) is 24.3 Å². The molecule has 1 aromatic carbocycles. The summed E-state index contributed by atoms with van der Waals surface area (Å²) < 4.78 is 9.71. The molecular formula is C18H19N3O6. The lowest BCUT2D eigenvalue weighted by Gasteiger charge is -2.40. The lowest BCUT2D eigenvalue weighted by atomic mass is 9.92. The Morgan fingerprint density at radius 2 is 1.89 bits per heavy atom. The van der Waals surface area contributed by atoms with Crippen LogP contribution in [0, 0.1) is 0 Å². The number of ketones is 1. The van der Waals surface area contributed by atoms with Gasteiger partial charge >= 0.3 is 5.97 Å².